The average molecular weight is 353 g/mol. The molecule has 0 aliphatic carbocycles. The molecule has 5 nitrogen and oxygen atoms in total. The fraction of sp³-hybridized carbons (Fsp3) is 0.381. The second-order valence-corrected chi connectivity index (χ2v) is 6.79. The molecule has 0 bridgehead atoms. The number of carbonyl (C=O) groups is 1. The highest BCUT2D eigenvalue weighted by molar-refractivity contribution is 5.94. The Hall–Kier alpha value is -2.37. The van der Waals surface area contributed by atoms with Crippen LogP contribution in [0, 0.1) is 0 Å². The maximum absolute atomic E-state index is 12.8. The van der Waals surface area contributed by atoms with E-state index < -0.39 is 0 Å². The van der Waals surface area contributed by atoms with Gasteiger partial charge in [-0.2, -0.15) is 0 Å². The maximum Gasteiger partial charge on any atom is 0.251 e. The van der Waals surface area contributed by atoms with Gasteiger partial charge in [-0.05, 0) is 29.8 Å². The maximum atomic E-state index is 12.8. The normalized spacial score (nSPS) is 16.1. The molecule has 2 aromatic carbocycles. The molecule has 1 heterocycles. The number of morpholine rings is 1. The first kappa shape index (κ1) is 18.4. The quantitative estimate of drug-likeness (QED) is 0.867. The SMILES string of the molecule is CN(C)c1ccc(C(=O)NC(CN2CCOCC2)c2ccccc2)cc1. The zero-order valence-electron chi connectivity index (χ0n) is 15.5. The number of hydrogen-bond donors (Lipinski definition) is 1. The molecular formula is C21H27N3O2. The van der Waals surface area contributed by atoms with Gasteiger partial charge >= 0.3 is 0 Å². The van der Waals surface area contributed by atoms with Crippen LogP contribution in [0.25, 0.3) is 0 Å². The molecule has 2 aromatic rings. The predicted molar refractivity (Wildman–Crippen MR) is 105 cm³/mol. The number of anilines is 1. The van der Waals surface area contributed by atoms with Crippen molar-refractivity contribution < 1.29 is 9.53 Å². The number of ether oxygens (including phenoxy) is 1. The average Bonchev–Trinajstić information content (AvgIpc) is 2.69. The van der Waals surface area contributed by atoms with Gasteiger partial charge in [-0.25, -0.2) is 0 Å². The molecule has 1 saturated heterocycles. The first-order valence-electron chi connectivity index (χ1n) is 9.07. The van der Waals surface area contributed by atoms with Crippen LogP contribution in [0.2, 0.25) is 0 Å². The van der Waals surface area contributed by atoms with E-state index in [1.165, 1.54) is 0 Å². The van der Waals surface area contributed by atoms with E-state index in [1.807, 2.05) is 61.5 Å². The van der Waals surface area contributed by atoms with Crippen molar-refractivity contribution in [2.24, 2.45) is 0 Å². The number of nitrogens with one attached hydrogen (secondary N) is 1. The van der Waals surface area contributed by atoms with Crippen molar-refractivity contribution in [2.45, 2.75) is 6.04 Å². The fourth-order valence-corrected chi connectivity index (χ4v) is 3.11. The first-order chi connectivity index (χ1) is 12.6. The second-order valence-electron chi connectivity index (χ2n) is 6.79. The lowest BCUT2D eigenvalue weighted by molar-refractivity contribution is 0.0332. The number of carbonyl (C=O) groups excluding carboxylic acids is 1. The highest BCUT2D eigenvalue weighted by Gasteiger charge is 2.20. The van der Waals surface area contributed by atoms with E-state index in [0.29, 0.717) is 5.56 Å². The van der Waals surface area contributed by atoms with Gasteiger partial charge in [0.25, 0.3) is 5.91 Å². The summed E-state index contributed by atoms with van der Waals surface area (Å²) in [6.45, 7) is 4.09. The Morgan fingerprint density at radius 3 is 2.35 bits per heavy atom. The van der Waals surface area contributed by atoms with Crippen molar-refractivity contribution in [3.8, 4) is 0 Å². The molecule has 1 N–H and O–H groups in total. The highest BCUT2D eigenvalue weighted by Crippen LogP contribution is 2.17. The van der Waals surface area contributed by atoms with Gasteiger partial charge in [-0.15, -0.1) is 0 Å². The molecule has 1 aliphatic rings. The van der Waals surface area contributed by atoms with Crippen molar-refractivity contribution in [1.29, 1.82) is 0 Å². The fourth-order valence-electron chi connectivity index (χ4n) is 3.11. The topological polar surface area (TPSA) is 44.8 Å². The van der Waals surface area contributed by atoms with Gasteiger partial charge in [0.15, 0.2) is 0 Å². The Balaban J connectivity index is 1.72. The molecule has 0 radical (unpaired) electrons. The number of amides is 1. The summed E-state index contributed by atoms with van der Waals surface area (Å²) in [5.41, 5.74) is 2.88. The third-order valence-electron chi connectivity index (χ3n) is 4.70. The molecule has 3 rings (SSSR count). The van der Waals surface area contributed by atoms with Crippen molar-refractivity contribution >= 4 is 11.6 Å². The molecule has 1 unspecified atom stereocenters. The summed E-state index contributed by atoms with van der Waals surface area (Å²) in [5, 5.41) is 3.21. The molecule has 1 fully saturated rings. The Morgan fingerprint density at radius 2 is 1.73 bits per heavy atom. The number of hydrogen-bond acceptors (Lipinski definition) is 4. The Bertz CT molecular complexity index is 695. The van der Waals surface area contributed by atoms with Crippen LogP contribution >= 0.6 is 0 Å². The van der Waals surface area contributed by atoms with E-state index in [-0.39, 0.29) is 11.9 Å². The molecule has 1 amide bonds. The summed E-state index contributed by atoms with van der Waals surface area (Å²) in [7, 11) is 3.98. The van der Waals surface area contributed by atoms with Crippen LogP contribution in [0.1, 0.15) is 22.0 Å². The third-order valence-corrected chi connectivity index (χ3v) is 4.70. The first-order valence-corrected chi connectivity index (χ1v) is 9.07. The zero-order valence-corrected chi connectivity index (χ0v) is 15.5. The summed E-state index contributed by atoms with van der Waals surface area (Å²) in [6.07, 6.45) is 0. The van der Waals surface area contributed by atoms with Gasteiger partial charge in [0.2, 0.25) is 0 Å². The molecular weight excluding hydrogens is 326 g/mol. The van der Waals surface area contributed by atoms with Gasteiger partial charge in [0.1, 0.15) is 0 Å². The summed E-state index contributed by atoms with van der Waals surface area (Å²) >= 11 is 0. The van der Waals surface area contributed by atoms with Crippen molar-refractivity contribution in [3.05, 3.63) is 65.7 Å². The molecule has 0 spiro atoms. The minimum atomic E-state index is -0.0460. The Morgan fingerprint density at radius 1 is 1.08 bits per heavy atom. The summed E-state index contributed by atoms with van der Waals surface area (Å²) in [6, 6.07) is 17.8. The van der Waals surface area contributed by atoms with E-state index in [4.69, 9.17) is 4.74 Å². The smallest absolute Gasteiger partial charge is 0.251 e. The lowest BCUT2D eigenvalue weighted by Crippen LogP contribution is -2.43. The van der Waals surface area contributed by atoms with Gasteiger partial charge < -0.3 is 15.0 Å². The lowest BCUT2D eigenvalue weighted by atomic mass is 10.1. The largest absolute Gasteiger partial charge is 0.379 e. The van der Waals surface area contributed by atoms with Crippen LogP contribution in [0.5, 0.6) is 0 Å². The number of nitrogens with zero attached hydrogens (tertiary/aromatic N) is 2. The minimum absolute atomic E-state index is 0.0441. The van der Waals surface area contributed by atoms with Gasteiger partial charge in [0, 0.05) is 45.0 Å². The van der Waals surface area contributed by atoms with Crippen LogP contribution in [0.3, 0.4) is 0 Å². The van der Waals surface area contributed by atoms with Gasteiger partial charge in [0.05, 0.1) is 19.3 Å². The highest BCUT2D eigenvalue weighted by atomic mass is 16.5. The lowest BCUT2D eigenvalue weighted by Gasteiger charge is -2.31. The second kappa shape index (κ2) is 8.83. The van der Waals surface area contributed by atoms with E-state index in [9.17, 15) is 4.79 Å². The van der Waals surface area contributed by atoms with Crippen LogP contribution in [-0.2, 0) is 4.74 Å². The number of benzene rings is 2. The van der Waals surface area contributed by atoms with Crippen LogP contribution < -0.4 is 10.2 Å². The van der Waals surface area contributed by atoms with Crippen LogP contribution in [0.15, 0.2) is 54.6 Å². The molecule has 0 saturated carbocycles. The molecule has 138 valence electrons. The van der Waals surface area contributed by atoms with Gasteiger partial charge in [-0.3, -0.25) is 9.69 Å². The Kier molecular flexibility index (Phi) is 6.26. The van der Waals surface area contributed by atoms with Crippen molar-refractivity contribution in [1.82, 2.24) is 10.2 Å². The zero-order chi connectivity index (χ0) is 18.4. The third kappa shape index (κ3) is 4.84. The van der Waals surface area contributed by atoms with E-state index in [1.54, 1.807) is 0 Å². The number of rotatable bonds is 6. The summed E-state index contributed by atoms with van der Waals surface area (Å²) in [5.74, 6) is -0.0441. The van der Waals surface area contributed by atoms with Gasteiger partial charge in [-0.1, -0.05) is 30.3 Å². The molecule has 1 aliphatic heterocycles. The summed E-state index contributed by atoms with van der Waals surface area (Å²) < 4.78 is 5.43. The van der Waals surface area contributed by atoms with Crippen LogP contribution in [0.4, 0.5) is 5.69 Å². The van der Waals surface area contributed by atoms with E-state index in [2.05, 4.69) is 22.3 Å². The van der Waals surface area contributed by atoms with E-state index >= 15 is 0 Å². The molecule has 1 atom stereocenters. The summed E-state index contributed by atoms with van der Waals surface area (Å²) in [4.78, 5) is 17.1. The molecule has 5 heteroatoms. The molecule has 26 heavy (non-hydrogen) atoms. The molecule has 0 aromatic heterocycles. The van der Waals surface area contributed by atoms with Crippen molar-refractivity contribution in [2.75, 3.05) is 51.8 Å². The van der Waals surface area contributed by atoms with Crippen molar-refractivity contribution in [3.63, 3.8) is 0 Å². The standard InChI is InChI=1S/C21H27N3O2/c1-23(2)19-10-8-18(9-11-19)21(25)22-20(17-6-4-3-5-7-17)16-24-12-14-26-15-13-24/h3-11,20H,12-16H2,1-2H3,(H,22,25). The minimum Gasteiger partial charge on any atom is -0.379 e. The van der Waals surface area contributed by atoms with E-state index in [0.717, 1.165) is 44.1 Å². The van der Waals surface area contributed by atoms with Crippen LogP contribution in [-0.4, -0.2) is 57.8 Å². The predicted octanol–water partition coefficient (Wildman–Crippen LogP) is 2.56. The monoisotopic (exact) mass is 353 g/mol. The Labute approximate surface area is 155 Å².